The molecule has 1 aromatic carbocycles. The number of nitrogens with two attached hydrogens (primary N) is 1. The van der Waals surface area contributed by atoms with E-state index in [0.29, 0.717) is 5.56 Å². The quantitative estimate of drug-likeness (QED) is 0.642. The fourth-order valence-electron chi connectivity index (χ4n) is 1.24. The lowest BCUT2D eigenvalue weighted by atomic mass is 10.0. The van der Waals surface area contributed by atoms with Gasteiger partial charge in [0.15, 0.2) is 0 Å². The van der Waals surface area contributed by atoms with E-state index in [1.54, 1.807) is 18.2 Å². The second kappa shape index (κ2) is 6.31. The van der Waals surface area contributed by atoms with E-state index in [9.17, 15) is 14.5 Å². The van der Waals surface area contributed by atoms with Crippen molar-refractivity contribution in [3.63, 3.8) is 0 Å². The molecule has 1 rings (SSSR count). The number of hydrogen-bond donors (Lipinski definition) is 1. The summed E-state index contributed by atoms with van der Waals surface area (Å²) in [4.78, 5) is 10.1. The number of hydrogen-bond acceptors (Lipinski definition) is 3. The summed E-state index contributed by atoms with van der Waals surface area (Å²) in [5.74, 6) is 0. The fraction of sp³-hybridized carbons (Fsp3) is 0.333. The summed E-state index contributed by atoms with van der Waals surface area (Å²) in [6.45, 7) is -0.576. The first-order valence-corrected chi connectivity index (χ1v) is 4.21. The zero-order chi connectivity index (χ0) is 10.6. The predicted octanol–water partition coefficient (Wildman–Crippen LogP) is 2.38. The molecule has 1 atom stereocenters. The lowest BCUT2D eigenvalue weighted by molar-refractivity contribution is -0.385. The van der Waals surface area contributed by atoms with Gasteiger partial charge in [-0.1, -0.05) is 18.2 Å². The van der Waals surface area contributed by atoms with Gasteiger partial charge in [0.25, 0.3) is 5.69 Å². The van der Waals surface area contributed by atoms with Crippen molar-refractivity contribution in [1.29, 1.82) is 0 Å². The lowest BCUT2D eigenvalue weighted by Gasteiger charge is -2.09. The molecule has 0 saturated heterocycles. The molecule has 0 bridgehead atoms. The Balaban J connectivity index is 0.00000196. The minimum Gasteiger partial charge on any atom is -0.324 e. The highest BCUT2D eigenvalue weighted by Crippen LogP contribution is 2.24. The first-order chi connectivity index (χ1) is 6.66. The number of nitrogens with zero attached hydrogens (tertiary/aromatic N) is 1. The smallest absolute Gasteiger partial charge is 0.274 e. The molecule has 1 aromatic rings. The molecule has 0 unspecified atom stereocenters. The van der Waals surface area contributed by atoms with Crippen LogP contribution in [0.1, 0.15) is 18.0 Å². The monoisotopic (exact) mass is 234 g/mol. The van der Waals surface area contributed by atoms with Gasteiger partial charge in [-0.15, -0.1) is 12.4 Å². The van der Waals surface area contributed by atoms with Crippen molar-refractivity contribution < 1.29 is 9.31 Å². The third-order valence-electron chi connectivity index (χ3n) is 1.95. The summed E-state index contributed by atoms with van der Waals surface area (Å²) in [7, 11) is 0. The van der Waals surface area contributed by atoms with E-state index in [-0.39, 0.29) is 24.5 Å². The van der Waals surface area contributed by atoms with Gasteiger partial charge in [0, 0.05) is 17.7 Å². The highest BCUT2D eigenvalue weighted by molar-refractivity contribution is 5.85. The molecule has 0 fully saturated rings. The van der Waals surface area contributed by atoms with Crippen molar-refractivity contribution >= 4 is 18.1 Å². The van der Waals surface area contributed by atoms with Crippen LogP contribution >= 0.6 is 12.4 Å². The van der Waals surface area contributed by atoms with Crippen LogP contribution < -0.4 is 5.73 Å². The minimum absolute atomic E-state index is 0. The van der Waals surface area contributed by atoms with E-state index < -0.39 is 17.6 Å². The standard InChI is InChI=1S/C9H11FN2O2.ClH/c10-6-5-8(11)7-3-1-2-4-9(7)12(13)14;/h1-4,8H,5-6,11H2;1H/t8-;/m1./s1. The zero-order valence-electron chi connectivity index (χ0n) is 7.93. The van der Waals surface area contributed by atoms with Gasteiger partial charge < -0.3 is 5.73 Å². The molecule has 0 aliphatic heterocycles. The average molecular weight is 235 g/mol. The van der Waals surface area contributed by atoms with Crippen LogP contribution in [0.4, 0.5) is 10.1 Å². The summed E-state index contributed by atoms with van der Waals surface area (Å²) in [5.41, 5.74) is 5.94. The molecule has 0 spiro atoms. The fourth-order valence-corrected chi connectivity index (χ4v) is 1.24. The van der Waals surface area contributed by atoms with Crippen LogP contribution in [0.25, 0.3) is 0 Å². The molecule has 0 radical (unpaired) electrons. The highest BCUT2D eigenvalue weighted by atomic mass is 35.5. The summed E-state index contributed by atoms with van der Waals surface area (Å²) >= 11 is 0. The predicted molar refractivity (Wildman–Crippen MR) is 57.9 cm³/mol. The summed E-state index contributed by atoms with van der Waals surface area (Å²) in [5, 5.41) is 10.6. The molecule has 0 aliphatic carbocycles. The van der Waals surface area contributed by atoms with Gasteiger partial charge in [-0.25, -0.2) is 0 Å². The maximum atomic E-state index is 12.0. The Kier molecular flexibility index (Phi) is 5.81. The van der Waals surface area contributed by atoms with Crippen molar-refractivity contribution in [2.45, 2.75) is 12.5 Å². The van der Waals surface area contributed by atoms with E-state index in [4.69, 9.17) is 5.73 Å². The van der Waals surface area contributed by atoms with Crippen molar-refractivity contribution in [2.24, 2.45) is 5.73 Å². The van der Waals surface area contributed by atoms with Gasteiger partial charge in [0.2, 0.25) is 0 Å². The van der Waals surface area contributed by atoms with Crippen LogP contribution in [0, 0.1) is 10.1 Å². The first kappa shape index (κ1) is 13.8. The molecular weight excluding hydrogens is 223 g/mol. The molecule has 2 N–H and O–H groups in total. The maximum Gasteiger partial charge on any atom is 0.274 e. The molecule has 4 nitrogen and oxygen atoms in total. The normalized spacial score (nSPS) is 11.6. The Labute approximate surface area is 92.8 Å². The number of rotatable bonds is 4. The van der Waals surface area contributed by atoms with Crippen LogP contribution in [0.15, 0.2) is 24.3 Å². The van der Waals surface area contributed by atoms with Crippen molar-refractivity contribution in [3.05, 3.63) is 39.9 Å². The van der Waals surface area contributed by atoms with Crippen LogP contribution in [-0.2, 0) is 0 Å². The zero-order valence-corrected chi connectivity index (χ0v) is 8.74. The molecule has 0 aliphatic rings. The average Bonchev–Trinajstić information content (AvgIpc) is 2.18. The lowest BCUT2D eigenvalue weighted by Crippen LogP contribution is -2.12. The third-order valence-corrected chi connectivity index (χ3v) is 1.95. The molecule has 15 heavy (non-hydrogen) atoms. The van der Waals surface area contributed by atoms with Crippen molar-refractivity contribution in [2.75, 3.05) is 6.67 Å². The first-order valence-electron chi connectivity index (χ1n) is 4.21. The Bertz CT molecular complexity index is 336. The minimum atomic E-state index is -0.610. The SMILES string of the molecule is Cl.N[C@H](CCF)c1ccccc1[N+](=O)[O-]. The van der Waals surface area contributed by atoms with E-state index in [1.165, 1.54) is 6.07 Å². The Morgan fingerprint density at radius 2 is 2.07 bits per heavy atom. The number of halogens is 2. The molecule has 84 valence electrons. The van der Waals surface area contributed by atoms with Crippen LogP contribution in [0.2, 0.25) is 0 Å². The third kappa shape index (κ3) is 3.45. The summed E-state index contributed by atoms with van der Waals surface area (Å²) < 4.78 is 12.0. The molecule has 0 aromatic heterocycles. The summed E-state index contributed by atoms with van der Waals surface area (Å²) in [6.07, 6.45) is 0.102. The van der Waals surface area contributed by atoms with Gasteiger partial charge in [-0.3, -0.25) is 14.5 Å². The Hall–Kier alpha value is -1.20. The van der Waals surface area contributed by atoms with Gasteiger partial charge in [-0.2, -0.15) is 0 Å². The molecular formula is C9H12ClFN2O2. The number of nitro benzene ring substituents is 1. The molecule has 0 saturated carbocycles. The van der Waals surface area contributed by atoms with Gasteiger partial charge in [0.05, 0.1) is 11.6 Å². The van der Waals surface area contributed by atoms with E-state index in [2.05, 4.69) is 0 Å². The number of para-hydroxylation sites is 1. The van der Waals surface area contributed by atoms with E-state index in [0.717, 1.165) is 0 Å². The molecule has 0 amide bonds. The van der Waals surface area contributed by atoms with Crippen LogP contribution in [0.3, 0.4) is 0 Å². The van der Waals surface area contributed by atoms with Crippen LogP contribution in [0.5, 0.6) is 0 Å². The topological polar surface area (TPSA) is 69.2 Å². The van der Waals surface area contributed by atoms with E-state index in [1.807, 2.05) is 0 Å². The largest absolute Gasteiger partial charge is 0.324 e. The van der Waals surface area contributed by atoms with Gasteiger partial charge in [-0.05, 0) is 6.42 Å². The molecule has 6 heteroatoms. The Morgan fingerprint density at radius 1 is 1.47 bits per heavy atom. The molecule has 0 heterocycles. The summed E-state index contributed by atoms with van der Waals surface area (Å²) in [6, 6.07) is 5.53. The maximum absolute atomic E-state index is 12.0. The van der Waals surface area contributed by atoms with Crippen molar-refractivity contribution in [1.82, 2.24) is 0 Å². The number of benzene rings is 1. The Morgan fingerprint density at radius 3 is 2.60 bits per heavy atom. The van der Waals surface area contributed by atoms with E-state index >= 15 is 0 Å². The number of alkyl halides is 1. The second-order valence-electron chi connectivity index (χ2n) is 2.90. The number of nitro groups is 1. The van der Waals surface area contributed by atoms with Crippen LogP contribution in [-0.4, -0.2) is 11.6 Å². The van der Waals surface area contributed by atoms with Gasteiger partial charge >= 0.3 is 0 Å². The second-order valence-corrected chi connectivity index (χ2v) is 2.90. The van der Waals surface area contributed by atoms with Crippen molar-refractivity contribution in [3.8, 4) is 0 Å². The highest BCUT2D eigenvalue weighted by Gasteiger charge is 2.17. The van der Waals surface area contributed by atoms with Gasteiger partial charge in [0.1, 0.15) is 0 Å².